The van der Waals surface area contributed by atoms with Crippen LogP contribution < -0.4 is 0 Å². The fraction of sp³-hybridized carbons (Fsp3) is 0.143. The highest BCUT2D eigenvalue weighted by Gasteiger charge is 2.30. The Morgan fingerprint density at radius 2 is 1.12 bits per heavy atom. The number of rotatable bonds is 3. The first-order valence-electron chi connectivity index (χ1n) is 5.21. The SMILES string of the molecule is OCC(O)(c1ccccc1)c1ccccc1. The molecule has 0 bridgehead atoms. The zero-order valence-electron chi connectivity index (χ0n) is 8.88. The van der Waals surface area contributed by atoms with E-state index >= 15 is 0 Å². The van der Waals surface area contributed by atoms with Crippen molar-refractivity contribution >= 4 is 0 Å². The smallest absolute Gasteiger partial charge is 0.138 e. The number of benzene rings is 2. The highest BCUT2D eigenvalue weighted by Crippen LogP contribution is 2.28. The van der Waals surface area contributed by atoms with Gasteiger partial charge in [-0.25, -0.2) is 0 Å². The maximum atomic E-state index is 10.5. The molecule has 16 heavy (non-hydrogen) atoms. The van der Waals surface area contributed by atoms with E-state index in [2.05, 4.69) is 0 Å². The summed E-state index contributed by atoms with van der Waals surface area (Å²) in [6, 6.07) is 18.4. The minimum atomic E-state index is -1.32. The van der Waals surface area contributed by atoms with Gasteiger partial charge in [0.15, 0.2) is 0 Å². The van der Waals surface area contributed by atoms with Crippen LogP contribution in [0.3, 0.4) is 0 Å². The van der Waals surface area contributed by atoms with Crippen molar-refractivity contribution in [3.05, 3.63) is 71.8 Å². The van der Waals surface area contributed by atoms with E-state index in [9.17, 15) is 10.2 Å². The van der Waals surface area contributed by atoms with Crippen molar-refractivity contribution in [2.24, 2.45) is 0 Å². The van der Waals surface area contributed by atoms with Gasteiger partial charge in [-0.1, -0.05) is 60.7 Å². The van der Waals surface area contributed by atoms with E-state index in [1.807, 2.05) is 60.7 Å². The van der Waals surface area contributed by atoms with Crippen molar-refractivity contribution < 1.29 is 10.2 Å². The van der Waals surface area contributed by atoms with Crippen LogP contribution in [-0.2, 0) is 5.60 Å². The van der Waals surface area contributed by atoms with Crippen LogP contribution in [0.15, 0.2) is 60.7 Å². The minimum absolute atomic E-state index is 0.332. The molecule has 0 radical (unpaired) electrons. The first-order chi connectivity index (χ1) is 7.77. The van der Waals surface area contributed by atoms with Crippen LogP contribution in [0.1, 0.15) is 11.1 Å². The molecule has 0 saturated carbocycles. The molecule has 0 unspecified atom stereocenters. The van der Waals surface area contributed by atoms with E-state index in [1.54, 1.807) is 0 Å². The molecule has 0 spiro atoms. The standard InChI is InChI=1S/C14H14O2/c15-11-14(16,12-7-3-1-4-8-12)13-9-5-2-6-10-13/h1-10,15-16H,11H2. The molecule has 2 rings (SSSR count). The van der Waals surface area contributed by atoms with Gasteiger partial charge in [0.25, 0.3) is 0 Å². The molecule has 0 aliphatic carbocycles. The fourth-order valence-electron chi connectivity index (χ4n) is 1.78. The molecule has 0 aliphatic rings. The molecule has 0 heterocycles. The lowest BCUT2D eigenvalue weighted by molar-refractivity contribution is 0.0173. The fourth-order valence-corrected chi connectivity index (χ4v) is 1.78. The summed E-state index contributed by atoms with van der Waals surface area (Å²) in [6.07, 6.45) is 0. The van der Waals surface area contributed by atoms with Crippen molar-refractivity contribution in [2.45, 2.75) is 5.60 Å². The van der Waals surface area contributed by atoms with Crippen molar-refractivity contribution in [3.63, 3.8) is 0 Å². The first-order valence-corrected chi connectivity index (χ1v) is 5.21. The molecular formula is C14H14O2. The predicted octanol–water partition coefficient (Wildman–Crippen LogP) is 1.91. The van der Waals surface area contributed by atoms with E-state index in [-0.39, 0.29) is 6.61 Å². The maximum Gasteiger partial charge on any atom is 0.138 e. The quantitative estimate of drug-likeness (QED) is 0.819. The molecule has 0 amide bonds. The molecule has 82 valence electrons. The second-order valence-corrected chi connectivity index (χ2v) is 3.75. The monoisotopic (exact) mass is 214 g/mol. The van der Waals surface area contributed by atoms with Crippen LogP contribution in [0.2, 0.25) is 0 Å². The average Bonchev–Trinajstić information content (AvgIpc) is 2.40. The minimum Gasteiger partial charge on any atom is -0.393 e. The Morgan fingerprint density at radius 1 is 0.750 bits per heavy atom. The van der Waals surface area contributed by atoms with Crippen LogP contribution in [0.5, 0.6) is 0 Å². The van der Waals surface area contributed by atoms with Crippen LogP contribution >= 0.6 is 0 Å². The van der Waals surface area contributed by atoms with Gasteiger partial charge in [-0.15, -0.1) is 0 Å². The van der Waals surface area contributed by atoms with E-state index in [0.717, 1.165) is 0 Å². The molecule has 0 aliphatic heterocycles. The molecule has 2 nitrogen and oxygen atoms in total. The Hall–Kier alpha value is -1.64. The molecule has 2 N–H and O–H groups in total. The van der Waals surface area contributed by atoms with Gasteiger partial charge in [-0.2, -0.15) is 0 Å². The topological polar surface area (TPSA) is 40.5 Å². The van der Waals surface area contributed by atoms with Gasteiger partial charge >= 0.3 is 0 Å². The lowest BCUT2D eigenvalue weighted by Gasteiger charge is -2.26. The molecule has 2 aromatic carbocycles. The van der Waals surface area contributed by atoms with Crippen LogP contribution in [0.25, 0.3) is 0 Å². The van der Waals surface area contributed by atoms with Gasteiger partial charge in [0.1, 0.15) is 5.60 Å². The van der Waals surface area contributed by atoms with Gasteiger partial charge in [0, 0.05) is 0 Å². The number of hydrogen-bond donors (Lipinski definition) is 2. The summed E-state index contributed by atoms with van der Waals surface area (Å²) in [4.78, 5) is 0. The highest BCUT2D eigenvalue weighted by molar-refractivity contribution is 5.35. The Labute approximate surface area is 94.8 Å². The Kier molecular flexibility index (Phi) is 3.04. The molecule has 2 aromatic rings. The molecular weight excluding hydrogens is 200 g/mol. The molecule has 2 heteroatoms. The summed E-state index contributed by atoms with van der Waals surface area (Å²) in [6.45, 7) is -0.332. The molecule has 0 saturated heterocycles. The van der Waals surface area contributed by atoms with Gasteiger partial charge in [-0.3, -0.25) is 0 Å². The summed E-state index contributed by atoms with van der Waals surface area (Å²) in [7, 11) is 0. The largest absolute Gasteiger partial charge is 0.393 e. The second kappa shape index (κ2) is 4.47. The number of aliphatic hydroxyl groups excluding tert-OH is 1. The number of aliphatic hydroxyl groups is 2. The third-order valence-electron chi connectivity index (χ3n) is 2.73. The van der Waals surface area contributed by atoms with Gasteiger partial charge < -0.3 is 10.2 Å². The van der Waals surface area contributed by atoms with Crippen LogP contribution in [0, 0.1) is 0 Å². The summed E-state index contributed by atoms with van der Waals surface area (Å²) in [5.41, 5.74) is 0.0788. The second-order valence-electron chi connectivity index (χ2n) is 3.75. The van der Waals surface area contributed by atoms with Gasteiger partial charge in [0.05, 0.1) is 6.61 Å². The Balaban J connectivity index is 2.49. The number of hydrogen-bond acceptors (Lipinski definition) is 2. The molecule has 0 fully saturated rings. The maximum absolute atomic E-state index is 10.5. The van der Waals surface area contributed by atoms with Gasteiger partial charge in [0.2, 0.25) is 0 Å². The normalized spacial score (nSPS) is 11.4. The highest BCUT2D eigenvalue weighted by atomic mass is 16.3. The van der Waals surface area contributed by atoms with E-state index < -0.39 is 5.60 Å². The van der Waals surface area contributed by atoms with Crippen molar-refractivity contribution in [1.29, 1.82) is 0 Å². The Morgan fingerprint density at radius 3 is 1.44 bits per heavy atom. The third kappa shape index (κ3) is 1.85. The van der Waals surface area contributed by atoms with Crippen molar-refractivity contribution in [1.82, 2.24) is 0 Å². The summed E-state index contributed by atoms with van der Waals surface area (Å²) >= 11 is 0. The van der Waals surface area contributed by atoms with E-state index in [4.69, 9.17) is 0 Å². The van der Waals surface area contributed by atoms with E-state index in [1.165, 1.54) is 0 Å². The van der Waals surface area contributed by atoms with Crippen LogP contribution in [0.4, 0.5) is 0 Å². The third-order valence-corrected chi connectivity index (χ3v) is 2.73. The predicted molar refractivity (Wildman–Crippen MR) is 63.0 cm³/mol. The van der Waals surface area contributed by atoms with Crippen molar-refractivity contribution in [2.75, 3.05) is 6.61 Å². The zero-order valence-corrected chi connectivity index (χ0v) is 8.88. The lowest BCUT2D eigenvalue weighted by Crippen LogP contribution is -2.31. The zero-order chi connectivity index (χ0) is 11.4. The Bertz CT molecular complexity index is 397. The van der Waals surface area contributed by atoms with Gasteiger partial charge in [-0.05, 0) is 11.1 Å². The summed E-state index contributed by atoms with van der Waals surface area (Å²) in [5, 5.41) is 20.0. The lowest BCUT2D eigenvalue weighted by atomic mass is 9.87. The molecule has 0 aromatic heterocycles. The van der Waals surface area contributed by atoms with Crippen LogP contribution in [-0.4, -0.2) is 16.8 Å². The van der Waals surface area contributed by atoms with Crippen molar-refractivity contribution in [3.8, 4) is 0 Å². The first kappa shape index (κ1) is 10.9. The van der Waals surface area contributed by atoms with E-state index in [0.29, 0.717) is 11.1 Å². The summed E-state index contributed by atoms with van der Waals surface area (Å²) in [5.74, 6) is 0. The average molecular weight is 214 g/mol. The molecule has 0 atom stereocenters. The summed E-state index contributed by atoms with van der Waals surface area (Å²) < 4.78 is 0.